The molecule has 6 nitrogen and oxygen atoms in total. The summed E-state index contributed by atoms with van der Waals surface area (Å²) in [5, 5.41) is 0.633. The van der Waals surface area contributed by atoms with Crippen LogP contribution in [0.2, 0.25) is 0 Å². The predicted molar refractivity (Wildman–Crippen MR) is 62.0 cm³/mol. The molecule has 2 aliphatic rings. The van der Waals surface area contributed by atoms with E-state index in [0.717, 1.165) is 32.5 Å². The van der Waals surface area contributed by atoms with Gasteiger partial charge in [-0.15, -0.1) is 5.06 Å². The van der Waals surface area contributed by atoms with Crippen molar-refractivity contribution in [2.45, 2.75) is 32.6 Å². The number of hydrogen-bond acceptors (Lipinski definition) is 5. The summed E-state index contributed by atoms with van der Waals surface area (Å²) in [6.07, 6.45) is 1.73. The molecule has 0 N–H and O–H groups in total. The number of likely N-dealkylation sites (tertiary alicyclic amines) is 1. The van der Waals surface area contributed by atoms with Gasteiger partial charge in [0.1, 0.15) is 0 Å². The predicted octanol–water partition coefficient (Wildman–Crippen LogP) is 0.325. The van der Waals surface area contributed by atoms with E-state index in [1.165, 1.54) is 0 Å². The summed E-state index contributed by atoms with van der Waals surface area (Å²) in [6, 6.07) is 0. The van der Waals surface area contributed by atoms with E-state index in [1.54, 1.807) is 0 Å². The van der Waals surface area contributed by atoms with Crippen molar-refractivity contribution in [1.82, 2.24) is 9.96 Å². The second-order valence-electron chi connectivity index (χ2n) is 4.70. The Labute approximate surface area is 106 Å². The molecule has 0 saturated carbocycles. The second kappa shape index (κ2) is 5.48. The molecule has 2 fully saturated rings. The molecule has 0 radical (unpaired) electrons. The first-order chi connectivity index (χ1) is 8.61. The molecular formula is C12H18N2O4. The van der Waals surface area contributed by atoms with Gasteiger partial charge in [-0.05, 0) is 32.5 Å². The Kier molecular flexibility index (Phi) is 3.96. The van der Waals surface area contributed by atoms with Crippen molar-refractivity contribution < 1.29 is 19.2 Å². The molecule has 0 bridgehead atoms. The zero-order valence-electron chi connectivity index (χ0n) is 10.6. The number of carbonyl (C=O) groups excluding carboxylic acids is 3. The number of hydrogen-bond donors (Lipinski definition) is 0. The first kappa shape index (κ1) is 13.0. The summed E-state index contributed by atoms with van der Waals surface area (Å²) in [6.45, 7) is 4.78. The summed E-state index contributed by atoms with van der Waals surface area (Å²) in [5.74, 6) is -1.48. The minimum Gasteiger partial charge on any atom is -0.330 e. The van der Waals surface area contributed by atoms with Crippen LogP contribution in [0.25, 0.3) is 0 Å². The number of carbonyl (C=O) groups is 3. The van der Waals surface area contributed by atoms with E-state index in [4.69, 9.17) is 4.84 Å². The molecule has 0 aliphatic carbocycles. The Morgan fingerprint density at radius 3 is 2.28 bits per heavy atom. The first-order valence-corrected chi connectivity index (χ1v) is 6.41. The van der Waals surface area contributed by atoms with Crippen molar-refractivity contribution in [2.75, 3.05) is 19.6 Å². The highest BCUT2D eigenvalue weighted by Crippen LogP contribution is 2.20. The smallest absolute Gasteiger partial charge is 0.330 e. The molecule has 18 heavy (non-hydrogen) atoms. The molecule has 2 aliphatic heterocycles. The number of hydroxylamine groups is 2. The molecule has 0 atom stereocenters. The summed E-state index contributed by atoms with van der Waals surface area (Å²) in [5.41, 5.74) is 0. The van der Waals surface area contributed by atoms with Crippen LogP contribution in [-0.4, -0.2) is 47.4 Å². The van der Waals surface area contributed by atoms with Crippen LogP contribution in [0.4, 0.5) is 0 Å². The van der Waals surface area contributed by atoms with E-state index in [-0.39, 0.29) is 18.8 Å². The average Bonchev–Trinajstić information content (AvgIpc) is 2.70. The van der Waals surface area contributed by atoms with Gasteiger partial charge in [0.2, 0.25) is 0 Å². The van der Waals surface area contributed by atoms with E-state index in [1.807, 2.05) is 0 Å². The van der Waals surface area contributed by atoms with Gasteiger partial charge in [0.25, 0.3) is 11.8 Å². The highest BCUT2D eigenvalue weighted by molar-refractivity contribution is 6.01. The fraction of sp³-hybridized carbons (Fsp3) is 0.750. The second-order valence-corrected chi connectivity index (χ2v) is 4.70. The van der Waals surface area contributed by atoms with E-state index in [0.29, 0.717) is 5.06 Å². The van der Waals surface area contributed by atoms with Gasteiger partial charge in [-0.1, -0.05) is 6.92 Å². The van der Waals surface area contributed by atoms with Crippen molar-refractivity contribution in [3.63, 3.8) is 0 Å². The highest BCUT2D eigenvalue weighted by atomic mass is 16.7. The maximum Gasteiger partial charge on any atom is 0.336 e. The van der Waals surface area contributed by atoms with Crippen molar-refractivity contribution in [2.24, 2.45) is 5.92 Å². The normalized spacial score (nSPS) is 22.6. The largest absolute Gasteiger partial charge is 0.336 e. The van der Waals surface area contributed by atoms with Gasteiger partial charge >= 0.3 is 5.97 Å². The molecular weight excluding hydrogens is 236 g/mol. The maximum atomic E-state index is 11.9. The maximum absolute atomic E-state index is 11.9. The molecule has 6 heteroatoms. The van der Waals surface area contributed by atoms with Crippen LogP contribution in [0.15, 0.2) is 0 Å². The number of amides is 2. The zero-order chi connectivity index (χ0) is 13.1. The molecule has 2 heterocycles. The Morgan fingerprint density at radius 2 is 1.78 bits per heavy atom. The Hall–Kier alpha value is -1.43. The third-order valence-electron chi connectivity index (χ3n) is 3.56. The Balaban J connectivity index is 1.85. The van der Waals surface area contributed by atoms with E-state index >= 15 is 0 Å². The van der Waals surface area contributed by atoms with Crippen molar-refractivity contribution in [3.8, 4) is 0 Å². The topological polar surface area (TPSA) is 66.9 Å². The molecule has 0 aromatic heterocycles. The SMILES string of the molecule is CCN1CCC(C(=O)ON2C(=O)CCC2=O)CC1. The monoisotopic (exact) mass is 254 g/mol. The Morgan fingerprint density at radius 1 is 1.22 bits per heavy atom. The van der Waals surface area contributed by atoms with Gasteiger partial charge in [-0.25, -0.2) is 4.79 Å². The number of imide groups is 1. The van der Waals surface area contributed by atoms with E-state index in [9.17, 15) is 14.4 Å². The van der Waals surface area contributed by atoms with E-state index in [2.05, 4.69) is 11.8 Å². The van der Waals surface area contributed by atoms with Crippen LogP contribution >= 0.6 is 0 Å². The molecule has 0 aromatic carbocycles. The van der Waals surface area contributed by atoms with Gasteiger partial charge in [-0.2, -0.15) is 0 Å². The van der Waals surface area contributed by atoms with Gasteiger partial charge in [0.15, 0.2) is 0 Å². The van der Waals surface area contributed by atoms with Gasteiger partial charge in [0, 0.05) is 12.8 Å². The first-order valence-electron chi connectivity index (χ1n) is 6.41. The van der Waals surface area contributed by atoms with Crippen molar-refractivity contribution in [3.05, 3.63) is 0 Å². The van der Waals surface area contributed by atoms with Crippen LogP contribution in [-0.2, 0) is 19.2 Å². The fourth-order valence-electron chi connectivity index (χ4n) is 2.31. The lowest BCUT2D eigenvalue weighted by Crippen LogP contribution is -2.40. The standard InChI is InChI=1S/C12H18N2O4/c1-2-13-7-5-9(6-8-13)12(17)18-14-10(15)3-4-11(14)16/h9H,2-8H2,1H3. The third kappa shape index (κ3) is 2.69. The number of piperidine rings is 1. The molecule has 2 saturated heterocycles. The minimum absolute atomic E-state index is 0.139. The third-order valence-corrected chi connectivity index (χ3v) is 3.56. The van der Waals surface area contributed by atoms with Crippen molar-refractivity contribution >= 4 is 17.8 Å². The zero-order valence-corrected chi connectivity index (χ0v) is 10.6. The average molecular weight is 254 g/mol. The minimum atomic E-state index is -0.450. The fourth-order valence-corrected chi connectivity index (χ4v) is 2.31. The summed E-state index contributed by atoms with van der Waals surface area (Å²) >= 11 is 0. The molecule has 2 amide bonds. The van der Waals surface area contributed by atoms with Gasteiger partial charge < -0.3 is 9.74 Å². The van der Waals surface area contributed by atoms with Crippen LogP contribution < -0.4 is 0 Å². The van der Waals surface area contributed by atoms with Crippen molar-refractivity contribution in [1.29, 1.82) is 0 Å². The van der Waals surface area contributed by atoms with Crippen LogP contribution in [0.5, 0.6) is 0 Å². The lowest BCUT2D eigenvalue weighted by Gasteiger charge is -2.30. The highest BCUT2D eigenvalue weighted by Gasteiger charge is 2.35. The Bertz CT molecular complexity index is 345. The lowest BCUT2D eigenvalue weighted by atomic mass is 9.97. The van der Waals surface area contributed by atoms with Crippen LogP contribution in [0, 0.1) is 5.92 Å². The molecule has 0 aromatic rings. The summed E-state index contributed by atoms with van der Waals surface area (Å²) in [7, 11) is 0. The number of rotatable bonds is 3. The number of nitrogens with zero attached hydrogens (tertiary/aromatic N) is 2. The van der Waals surface area contributed by atoms with Crippen LogP contribution in [0.3, 0.4) is 0 Å². The quantitative estimate of drug-likeness (QED) is 0.679. The molecule has 100 valence electrons. The summed E-state index contributed by atoms with van der Waals surface area (Å²) < 4.78 is 0. The lowest BCUT2D eigenvalue weighted by molar-refractivity contribution is -0.201. The van der Waals surface area contributed by atoms with Gasteiger partial charge in [-0.3, -0.25) is 9.59 Å². The van der Waals surface area contributed by atoms with Crippen LogP contribution in [0.1, 0.15) is 32.6 Å². The molecule has 2 rings (SSSR count). The van der Waals surface area contributed by atoms with Gasteiger partial charge in [0.05, 0.1) is 5.92 Å². The van der Waals surface area contributed by atoms with E-state index < -0.39 is 17.8 Å². The molecule has 0 unspecified atom stereocenters. The summed E-state index contributed by atoms with van der Waals surface area (Å²) in [4.78, 5) is 41.7. The molecule has 0 spiro atoms.